The van der Waals surface area contributed by atoms with E-state index >= 15 is 0 Å². The molecule has 0 saturated carbocycles. The number of anilines is 2. The zero-order valence-electron chi connectivity index (χ0n) is 26.0. The SMILES string of the molecule is O=C(Nc1ccccc1Cl)c1cc2c(s1)-c1ccc(Br)cc1OCC2.S=C(Nc1ccccc1Cl)c1cc2c(s1)-c1ccc(Br)cc1OCC2. The van der Waals surface area contributed by atoms with E-state index in [9.17, 15) is 4.79 Å². The Morgan fingerprint density at radius 1 is 0.660 bits per heavy atom. The number of nitrogens with one attached hydrogen (secondary N) is 2. The Morgan fingerprint density at radius 2 is 1.14 bits per heavy atom. The maximum absolute atomic E-state index is 12.6. The fourth-order valence-corrected chi connectivity index (χ4v) is 9.16. The van der Waals surface area contributed by atoms with Gasteiger partial charge < -0.3 is 20.1 Å². The lowest BCUT2D eigenvalue weighted by Crippen LogP contribution is -2.10. The van der Waals surface area contributed by atoms with Crippen molar-refractivity contribution in [3.63, 3.8) is 0 Å². The number of halogens is 4. The molecule has 0 atom stereocenters. The van der Waals surface area contributed by atoms with Crippen molar-refractivity contribution in [3.8, 4) is 32.4 Å². The van der Waals surface area contributed by atoms with Gasteiger partial charge in [-0.15, -0.1) is 22.7 Å². The van der Waals surface area contributed by atoms with Gasteiger partial charge in [0.15, 0.2) is 0 Å². The summed E-state index contributed by atoms with van der Waals surface area (Å²) in [5, 5.41) is 7.33. The monoisotopic (exact) mass is 882 g/mol. The van der Waals surface area contributed by atoms with Gasteiger partial charge in [0.25, 0.3) is 5.91 Å². The molecule has 0 fully saturated rings. The number of hydrogen-bond donors (Lipinski definition) is 2. The van der Waals surface area contributed by atoms with Gasteiger partial charge in [-0.2, -0.15) is 0 Å². The van der Waals surface area contributed by atoms with Crippen molar-refractivity contribution in [2.75, 3.05) is 23.8 Å². The van der Waals surface area contributed by atoms with E-state index in [1.165, 1.54) is 21.8 Å². The molecule has 2 aliphatic heterocycles. The summed E-state index contributed by atoms with van der Waals surface area (Å²) in [5.74, 6) is 1.60. The zero-order valence-corrected chi connectivity index (χ0v) is 33.2. The van der Waals surface area contributed by atoms with Gasteiger partial charge in [-0.05, 0) is 83.9 Å². The number of amides is 1. The second-order valence-electron chi connectivity index (χ2n) is 11.3. The van der Waals surface area contributed by atoms with E-state index < -0.39 is 0 Å². The molecule has 4 aromatic carbocycles. The number of rotatable bonds is 4. The maximum Gasteiger partial charge on any atom is 0.265 e. The van der Waals surface area contributed by atoms with Crippen LogP contribution in [0, 0.1) is 0 Å². The molecule has 0 unspecified atom stereocenters. The molecule has 5 nitrogen and oxygen atoms in total. The predicted octanol–water partition coefficient (Wildman–Crippen LogP) is 12.6. The van der Waals surface area contributed by atoms with Gasteiger partial charge in [-0.25, -0.2) is 0 Å². The Morgan fingerprint density at radius 3 is 1.68 bits per heavy atom. The van der Waals surface area contributed by atoms with Gasteiger partial charge >= 0.3 is 0 Å². The van der Waals surface area contributed by atoms with Crippen LogP contribution >= 0.6 is 90.0 Å². The van der Waals surface area contributed by atoms with Gasteiger partial charge in [0.1, 0.15) is 16.5 Å². The molecule has 2 aromatic heterocycles. The summed E-state index contributed by atoms with van der Waals surface area (Å²) in [7, 11) is 0. The van der Waals surface area contributed by atoms with E-state index in [0.717, 1.165) is 65.4 Å². The van der Waals surface area contributed by atoms with E-state index in [1.807, 2.05) is 72.8 Å². The highest BCUT2D eigenvalue weighted by atomic mass is 79.9. The molecule has 1 amide bonds. The minimum absolute atomic E-state index is 0.147. The van der Waals surface area contributed by atoms with Crippen LogP contribution in [0.5, 0.6) is 11.5 Å². The number of ether oxygens (including phenoxy) is 2. The molecule has 2 aliphatic rings. The van der Waals surface area contributed by atoms with Gasteiger partial charge in [0, 0.05) is 42.7 Å². The second kappa shape index (κ2) is 15.6. The molecule has 2 N–H and O–H groups in total. The highest BCUT2D eigenvalue weighted by Gasteiger charge is 2.23. The number of thiocarbonyl (C=S) groups is 1. The van der Waals surface area contributed by atoms with Crippen LogP contribution in [0.25, 0.3) is 20.9 Å². The molecule has 12 heteroatoms. The molecule has 0 saturated heterocycles. The first-order valence-electron chi connectivity index (χ1n) is 15.5. The number of para-hydroxylation sites is 2. The standard InChI is InChI=1S/C19H13BrClNO2S.C19H13BrClNOS2/c20-12-5-6-13-16(10-12)24-8-7-11-9-17(25-18(11)13)19(23)22-15-4-2-1-3-14(15)21;20-12-5-6-13-16(10-12)23-8-7-11-9-17(25-18(11)13)19(24)22-15-4-2-1-3-14(15)21/h1-6,9-10H,7-8H2,(H,22,23);1-6,9-10H,7-8H2,(H,22,24). The van der Waals surface area contributed by atoms with Crippen LogP contribution < -0.4 is 20.1 Å². The van der Waals surface area contributed by atoms with E-state index in [0.29, 0.717) is 38.8 Å². The van der Waals surface area contributed by atoms with Gasteiger partial charge in [0.2, 0.25) is 0 Å². The molecule has 0 bridgehead atoms. The summed E-state index contributed by atoms with van der Waals surface area (Å²) in [6.45, 7) is 1.26. The summed E-state index contributed by atoms with van der Waals surface area (Å²) in [5.41, 5.74) is 5.99. The molecule has 0 aliphatic carbocycles. The number of carbonyl (C=O) groups excluding carboxylic acids is 1. The molecular weight excluding hydrogens is 859 g/mol. The Labute approximate surface area is 329 Å². The van der Waals surface area contributed by atoms with Crippen LogP contribution in [0.4, 0.5) is 11.4 Å². The number of carbonyl (C=O) groups is 1. The second-order valence-corrected chi connectivity index (χ2v) is 16.4. The molecular formula is C38H26Br2Cl2N2O3S3. The van der Waals surface area contributed by atoms with Crippen LogP contribution in [0.1, 0.15) is 25.7 Å². The van der Waals surface area contributed by atoms with E-state index in [1.54, 1.807) is 23.5 Å². The molecule has 0 radical (unpaired) electrons. The average molecular weight is 886 g/mol. The first-order valence-corrected chi connectivity index (χ1v) is 19.8. The summed E-state index contributed by atoms with van der Waals surface area (Å²) in [6, 6.07) is 31.1. The van der Waals surface area contributed by atoms with Crippen LogP contribution in [-0.2, 0) is 12.8 Å². The first-order chi connectivity index (χ1) is 24.2. The third-order valence-corrected chi connectivity index (χ3v) is 12.5. The Balaban J connectivity index is 0.000000157. The smallest absolute Gasteiger partial charge is 0.265 e. The minimum Gasteiger partial charge on any atom is -0.493 e. The minimum atomic E-state index is -0.147. The normalized spacial score (nSPS) is 12.6. The van der Waals surface area contributed by atoms with Gasteiger partial charge in [0.05, 0.1) is 44.4 Å². The van der Waals surface area contributed by atoms with Crippen LogP contribution in [0.2, 0.25) is 10.0 Å². The van der Waals surface area contributed by atoms with Crippen molar-refractivity contribution >= 4 is 112 Å². The number of fused-ring (bicyclic) bond motifs is 6. The third-order valence-electron chi connectivity index (χ3n) is 7.94. The molecule has 50 heavy (non-hydrogen) atoms. The molecule has 252 valence electrons. The van der Waals surface area contributed by atoms with E-state index in [-0.39, 0.29) is 5.91 Å². The van der Waals surface area contributed by atoms with Crippen molar-refractivity contribution in [2.45, 2.75) is 12.8 Å². The fourth-order valence-electron chi connectivity index (χ4n) is 5.55. The molecule has 4 heterocycles. The fraction of sp³-hybridized carbons (Fsp3) is 0.105. The summed E-state index contributed by atoms with van der Waals surface area (Å²) in [6.07, 6.45) is 1.64. The Hall–Kier alpha value is -3.22. The first kappa shape index (κ1) is 35.2. The molecule has 0 spiro atoms. The Kier molecular flexibility index (Phi) is 11.0. The van der Waals surface area contributed by atoms with Crippen molar-refractivity contribution in [3.05, 3.63) is 137 Å². The number of benzene rings is 4. The highest BCUT2D eigenvalue weighted by molar-refractivity contribution is 9.10. The van der Waals surface area contributed by atoms with Crippen molar-refractivity contribution in [1.82, 2.24) is 0 Å². The van der Waals surface area contributed by atoms with Crippen LogP contribution in [0.3, 0.4) is 0 Å². The third kappa shape index (κ3) is 7.82. The van der Waals surface area contributed by atoms with Gasteiger partial charge in [-0.1, -0.05) is 91.5 Å². The van der Waals surface area contributed by atoms with Crippen LogP contribution in [0.15, 0.2) is 106 Å². The van der Waals surface area contributed by atoms with Crippen LogP contribution in [-0.4, -0.2) is 24.1 Å². The van der Waals surface area contributed by atoms with Crippen molar-refractivity contribution in [2.24, 2.45) is 0 Å². The average Bonchev–Trinajstić information content (AvgIpc) is 3.63. The molecule has 8 rings (SSSR count). The summed E-state index contributed by atoms with van der Waals surface area (Å²) < 4.78 is 13.7. The Bertz CT molecular complexity index is 2100. The summed E-state index contributed by atoms with van der Waals surface area (Å²) in [4.78, 5) is 17.3. The lowest BCUT2D eigenvalue weighted by Gasteiger charge is -2.09. The maximum atomic E-state index is 12.6. The lowest BCUT2D eigenvalue weighted by molar-refractivity contribution is 0.103. The lowest BCUT2D eigenvalue weighted by atomic mass is 10.1. The van der Waals surface area contributed by atoms with E-state index in [4.69, 9.17) is 44.9 Å². The number of thiophene rings is 2. The predicted molar refractivity (Wildman–Crippen MR) is 219 cm³/mol. The summed E-state index contributed by atoms with van der Waals surface area (Å²) >= 11 is 28.1. The van der Waals surface area contributed by atoms with Gasteiger partial charge in [-0.3, -0.25) is 4.79 Å². The van der Waals surface area contributed by atoms with Crippen molar-refractivity contribution < 1.29 is 14.3 Å². The van der Waals surface area contributed by atoms with Crippen molar-refractivity contribution in [1.29, 1.82) is 0 Å². The highest BCUT2D eigenvalue weighted by Crippen LogP contribution is 2.43. The quantitative estimate of drug-likeness (QED) is 0.173. The largest absolute Gasteiger partial charge is 0.493 e. The zero-order chi connectivity index (χ0) is 34.8. The van der Waals surface area contributed by atoms with E-state index in [2.05, 4.69) is 54.6 Å². The molecule has 6 aromatic rings. The number of hydrogen-bond acceptors (Lipinski definition) is 6. The topological polar surface area (TPSA) is 59.6 Å².